The molecule has 1 heterocycles. The number of hydrogen-bond acceptors (Lipinski definition) is 4. The number of carbonyl (C=O) groups is 1. The highest BCUT2D eigenvalue weighted by Crippen LogP contribution is 2.08. The van der Waals surface area contributed by atoms with Crippen LogP contribution in [0.5, 0.6) is 0 Å². The molecule has 1 fully saturated rings. The molecular formula is C13H13NO3S. The lowest BCUT2D eigenvalue weighted by atomic mass is 10.1. The van der Waals surface area contributed by atoms with E-state index < -0.39 is 0 Å². The highest BCUT2D eigenvalue weighted by Gasteiger charge is 2.21. The summed E-state index contributed by atoms with van der Waals surface area (Å²) in [4.78, 5) is 11.7. The van der Waals surface area contributed by atoms with Crippen molar-refractivity contribution in [2.24, 2.45) is 0 Å². The van der Waals surface area contributed by atoms with Gasteiger partial charge in [0.05, 0.1) is 11.6 Å². The topological polar surface area (TPSA) is 47.6 Å². The summed E-state index contributed by atoms with van der Waals surface area (Å²) in [6, 6.07) is 6.99. The minimum Gasteiger partial charge on any atom is -0.469 e. The molecule has 1 aromatic carbocycles. The van der Waals surface area contributed by atoms with Crippen LogP contribution in [-0.2, 0) is 9.47 Å². The third-order valence-corrected chi connectivity index (χ3v) is 2.77. The molecule has 1 aliphatic rings. The summed E-state index contributed by atoms with van der Waals surface area (Å²) in [7, 11) is 0. The molecule has 0 aliphatic carbocycles. The van der Waals surface area contributed by atoms with Crippen LogP contribution in [0.25, 0.3) is 6.08 Å². The Labute approximate surface area is 111 Å². The van der Waals surface area contributed by atoms with Crippen molar-refractivity contribution in [2.75, 3.05) is 13.2 Å². The normalized spacial score (nSPS) is 17.8. The van der Waals surface area contributed by atoms with Gasteiger partial charge in [0, 0.05) is 0 Å². The molecular weight excluding hydrogens is 250 g/mol. The van der Waals surface area contributed by atoms with Gasteiger partial charge in [0.2, 0.25) is 0 Å². The van der Waals surface area contributed by atoms with Crippen molar-refractivity contribution in [3.63, 3.8) is 0 Å². The Balaban J connectivity index is 1.87. The summed E-state index contributed by atoms with van der Waals surface area (Å²) in [5, 5.41) is 3.25. The Morgan fingerprint density at radius 1 is 1.56 bits per heavy atom. The summed E-state index contributed by atoms with van der Waals surface area (Å²) in [6.45, 7) is 4.32. The van der Waals surface area contributed by atoms with E-state index in [9.17, 15) is 4.79 Å². The van der Waals surface area contributed by atoms with E-state index in [0.717, 1.165) is 5.56 Å². The first-order chi connectivity index (χ1) is 8.69. The molecule has 1 atom stereocenters. The maximum atomic E-state index is 11.7. The van der Waals surface area contributed by atoms with Crippen LogP contribution >= 0.6 is 12.2 Å². The number of ether oxygens (including phenoxy) is 2. The summed E-state index contributed by atoms with van der Waals surface area (Å²) in [5.74, 6) is -0.356. The zero-order valence-electron chi connectivity index (χ0n) is 9.72. The zero-order valence-corrected chi connectivity index (χ0v) is 10.5. The molecule has 18 heavy (non-hydrogen) atoms. The Kier molecular flexibility index (Phi) is 3.94. The Morgan fingerprint density at radius 3 is 2.83 bits per heavy atom. The molecule has 0 bridgehead atoms. The number of benzene rings is 1. The second-order valence-electron chi connectivity index (χ2n) is 3.86. The van der Waals surface area contributed by atoms with Crippen molar-refractivity contribution < 1.29 is 14.3 Å². The number of esters is 1. The lowest BCUT2D eigenvalue weighted by molar-refractivity contribution is 0.0468. The van der Waals surface area contributed by atoms with E-state index >= 15 is 0 Å². The van der Waals surface area contributed by atoms with Crippen LogP contribution in [0.3, 0.4) is 0 Å². The predicted octanol–water partition coefficient (Wildman–Crippen LogP) is 1.76. The summed E-state index contributed by atoms with van der Waals surface area (Å²) < 4.78 is 10.2. The smallest absolute Gasteiger partial charge is 0.338 e. The van der Waals surface area contributed by atoms with Gasteiger partial charge < -0.3 is 14.8 Å². The number of rotatable bonds is 4. The van der Waals surface area contributed by atoms with E-state index in [4.69, 9.17) is 21.7 Å². The lowest BCUT2D eigenvalue weighted by Crippen LogP contribution is -2.31. The fourth-order valence-electron chi connectivity index (χ4n) is 1.53. The Hall–Kier alpha value is -1.88. The van der Waals surface area contributed by atoms with Gasteiger partial charge in [-0.15, -0.1) is 0 Å². The maximum absolute atomic E-state index is 11.7. The minimum absolute atomic E-state index is 0.0612. The van der Waals surface area contributed by atoms with Gasteiger partial charge in [-0.05, 0) is 29.9 Å². The first kappa shape index (κ1) is 12.6. The lowest BCUT2D eigenvalue weighted by Gasteiger charge is -2.09. The van der Waals surface area contributed by atoms with Gasteiger partial charge in [0.25, 0.3) is 5.17 Å². The molecule has 4 nitrogen and oxygen atoms in total. The van der Waals surface area contributed by atoms with Crippen molar-refractivity contribution in [1.82, 2.24) is 5.32 Å². The predicted molar refractivity (Wildman–Crippen MR) is 72.3 cm³/mol. The highest BCUT2D eigenvalue weighted by atomic mass is 32.1. The molecule has 1 saturated heterocycles. The fourth-order valence-corrected chi connectivity index (χ4v) is 1.77. The van der Waals surface area contributed by atoms with E-state index in [0.29, 0.717) is 17.3 Å². The van der Waals surface area contributed by atoms with E-state index in [1.807, 2.05) is 12.1 Å². The van der Waals surface area contributed by atoms with Gasteiger partial charge >= 0.3 is 5.97 Å². The van der Waals surface area contributed by atoms with E-state index in [1.54, 1.807) is 18.2 Å². The molecule has 0 radical (unpaired) electrons. The first-order valence-corrected chi connectivity index (χ1v) is 5.93. The van der Waals surface area contributed by atoms with Gasteiger partial charge in [0.1, 0.15) is 13.2 Å². The van der Waals surface area contributed by atoms with Crippen molar-refractivity contribution in [3.8, 4) is 0 Å². The molecule has 1 aliphatic heterocycles. The SMILES string of the molecule is C=Cc1ccc(C(=O)OCC2COC(=S)N2)cc1. The second kappa shape index (κ2) is 5.64. The molecule has 1 unspecified atom stereocenters. The molecule has 5 heteroatoms. The van der Waals surface area contributed by atoms with Crippen LogP contribution < -0.4 is 5.32 Å². The third-order valence-electron chi connectivity index (χ3n) is 2.54. The minimum atomic E-state index is -0.356. The van der Waals surface area contributed by atoms with Crippen molar-refractivity contribution in [2.45, 2.75) is 6.04 Å². The maximum Gasteiger partial charge on any atom is 0.338 e. The highest BCUT2D eigenvalue weighted by molar-refractivity contribution is 7.80. The van der Waals surface area contributed by atoms with Crippen molar-refractivity contribution >= 4 is 29.4 Å². The van der Waals surface area contributed by atoms with Gasteiger partial charge in [-0.2, -0.15) is 0 Å². The first-order valence-electron chi connectivity index (χ1n) is 5.52. The van der Waals surface area contributed by atoms with Crippen molar-refractivity contribution in [3.05, 3.63) is 42.0 Å². The molecule has 0 amide bonds. The number of nitrogens with one attached hydrogen (secondary N) is 1. The van der Waals surface area contributed by atoms with Crippen molar-refractivity contribution in [1.29, 1.82) is 0 Å². The van der Waals surface area contributed by atoms with Crippen LogP contribution in [0, 0.1) is 0 Å². The second-order valence-corrected chi connectivity index (χ2v) is 4.24. The number of hydrogen-bond donors (Lipinski definition) is 1. The van der Waals surface area contributed by atoms with Gasteiger partial charge in [-0.25, -0.2) is 4.79 Å². The van der Waals surface area contributed by atoms with E-state index in [-0.39, 0.29) is 18.6 Å². The standard InChI is InChI=1S/C13H13NO3S/c1-2-9-3-5-10(6-4-9)12(15)16-7-11-8-17-13(18)14-11/h2-6,11H,1,7-8H2,(H,14,18). The van der Waals surface area contributed by atoms with Crippen LogP contribution in [0.1, 0.15) is 15.9 Å². The number of carbonyl (C=O) groups excluding carboxylic acids is 1. The average molecular weight is 263 g/mol. The third kappa shape index (κ3) is 3.07. The van der Waals surface area contributed by atoms with Crippen LogP contribution in [-0.4, -0.2) is 30.4 Å². The quantitative estimate of drug-likeness (QED) is 0.662. The Bertz CT molecular complexity index is 470. The van der Waals surface area contributed by atoms with E-state index in [2.05, 4.69) is 11.9 Å². The van der Waals surface area contributed by atoms with Crippen LogP contribution in [0.4, 0.5) is 0 Å². The molecule has 0 aromatic heterocycles. The van der Waals surface area contributed by atoms with Crippen LogP contribution in [0.15, 0.2) is 30.8 Å². The summed E-state index contributed by atoms with van der Waals surface area (Å²) >= 11 is 4.81. The molecule has 94 valence electrons. The van der Waals surface area contributed by atoms with Crippen LogP contribution in [0.2, 0.25) is 0 Å². The van der Waals surface area contributed by atoms with Gasteiger partial charge in [-0.1, -0.05) is 24.8 Å². The van der Waals surface area contributed by atoms with Gasteiger partial charge in [0.15, 0.2) is 0 Å². The summed E-state index contributed by atoms with van der Waals surface area (Å²) in [6.07, 6.45) is 1.72. The molecule has 0 saturated carbocycles. The Morgan fingerprint density at radius 2 is 2.28 bits per heavy atom. The van der Waals surface area contributed by atoms with Gasteiger partial charge in [-0.3, -0.25) is 0 Å². The monoisotopic (exact) mass is 263 g/mol. The fraction of sp³-hybridized carbons (Fsp3) is 0.231. The average Bonchev–Trinajstić information content (AvgIpc) is 2.82. The molecule has 2 rings (SSSR count). The summed E-state index contributed by atoms with van der Waals surface area (Å²) in [5.41, 5.74) is 1.48. The van der Waals surface area contributed by atoms with E-state index in [1.165, 1.54) is 0 Å². The number of thiocarbonyl (C=S) groups is 1. The largest absolute Gasteiger partial charge is 0.469 e. The molecule has 1 aromatic rings. The molecule has 0 spiro atoms. The molecule has 1 N–H and O–H groups in total. The zero-order chi connectivity index (χ0) is 13.0.